The molecule has 100 valence electrons. The zero-order valence-corrected chi connectivity index (χ0v) is 11.0. The first-order valence-electron chi connectivity index (χ1n) is 5.44. The van der Waals surface area contributed by atoms with Crippen LogP contribution in [0.15, 0.2) is 47.6 Å². The maximum absolute atomic E-state index is 11.6. The Balaban J connectivity index is 2.31. The lowest BCUT2D eigenvalue weighted by Gasteiger charge is -2.09. The number of rotatable bonds is 4. The monoisotopic (exact) mass is 279 g/mol. The molecule has 0 aliphatic rings. The third-order valence-electron chi connectivity index (χ3n) is 2.42. The number of pyridine rings is 1. The largest absolute Gasteiger partial charge is 0.454 e. The minimum atomic E-state index is -3.51. The highest BCUT2D eigenvalue weighted by Gasteiger charge is 2.13. The minimum Gasteiger partial charge on any atom is -0.454 e. The summed E-state index contributed by atoms with van der Waals surface area (Å²) in [5, 5.41) is 0. The van der Waals surface area contributed by atoms with Crippen LogP contribution < -0.4 is 15.2 Å². The third kappa shape index (κ3) is 3.01. The van der Waals surface area contributed by atoms with Crippen molar-refractivity contribution in [1.29, 1.82) is 0 Å². The number of ether oxygens (including phenoxy) is 1. The molecule has 0 bridgehead atoms. The van der Waals surface area contributed by atoms with Crippen LogP contribution in [0.25, 0.3) is 0 Å². The molecule has 0 saturated carbocycles. The van der Waals surface area contributed by atoms with E-state index in [4.69, 9.17) is 10.5 Å². The van der Waals surface area contributed by atoms with Gasteiger partial charge in [0.25, 0.3) is 0 Å². The number of nitrogens with zero attached hydrogens (tertiary/aromatic N) is 1. The van der Waals surface area contributed by atoms with Crippen LogP contribution in [0.4, 0.5) is 5.69 Å². The summed E-state index contributed by atoms with van der Waals surface area (Å²) >= 11 is 0. The maximum atomic E-state index is 11.6. The van der Waals surface area contributed by atoms with E-state index in [9.17, 15) is 8.42 Å². The van der Waals surface area contributed by atoms with Gasteiger partial charge in [0, 0.05) is 6.20 Å². The standard InChI is InChI=1S/C12H13N3O3S/c1-14-19(16,17)10-4-5-12(11(13)7-10)18-9-3-2-6-15-8-9/h2-8,14H,13H2,1H3. The molecule has 1 aromatic carbocycles. The van der Waals surface area contributed by atoms with E-state index in [-0.39, 0.29) is 10.6 Å². The summed E-state index contributed by atoms with van der Waals surface area (Å²) in [5.41, 5.74) is 6.02. The molecule has 1 aromatic heterocycles. The molecule has 0 radical (unpaired) electrons. The molecule has 0 aliphatic heterocycles. The van der Waals surface area contributed by atoms with Crippen molar-refractivity contribution in [2.45, 2.75) is 4.90 Å². The van der Waals surface area contributed by atoms with Crippen molar-refractivity contribution in [3.8, 4) is 11.5 Å². The fourth-order valence-electron chi connectivity index (χ4n) is 1.44. The highest BCUT2D eigenvalue weighted by molar-refractivity contribution is 7.89. The molecular weight excluding hydrogens is 266 g/mol. The van der Waals surface area contributed by atoms with Crippen LogP contribution in [-0.4, -0.2) is 20.4 Å². The Morgan fingerprint density at radius 3 is 2.68 bits per heavy atom. The van der Waals surface area contributed by atoms with Gasteiger partial charge < -0.3 is 10.5 Å². The summed E-state index contributed by atoms with van der Waals surface area (Å²) in [4.78, 5) is 4.00. The topological polar surface area (TPSA) is 94.3 Å². The Hall–Kier alpha value is -2.12. The molecule has 0 unspecified atom stereocenters. The van der Waals surface area contributed by atoms with Gasteiger partial charge in [-0.3, -0.25) is 4.98 Å². The van der Waals surface area contributed by atoms with Crippen LogP contribution in [0.1, 0.15) is 0 Å². The Morgan fingerprint density at radius 1 is 1.32 bits per heavy atom. The van der Waals surface area contributed by atoms with E-state index in [1.165, 1.54) is 31.4 Å². The molecule has 3 N–H and O–H groups in total. The van der Waals surface area contributed by atoms with Gasteiger partial charge in [0.15, 0.2) is 0 Å². The number of sulfonamides is 1. The van der Waals surface area contributed by atoms with E-state index < -0.39 is 10.0 Å². The van der Waals surface area contributed by atoms with Gasteiger partial charge in [-0.2, -0.15) is 0 Å². The van der Waals surface area contributed by atoms with Gasteiger partial charge in [-0.1, -0.05) is 0 Å². The lowest BCUT2D eigenvalue weighted by atomic mass is 10.3. The molecule has 6 nitrogen and oxygen atoms in total. The molecule has 0 fully saturated rings. The molecule has 0 amide bonds. The number of nitrogen functional groups attached to an aromatic ring is 1. The Bertz CT molecular complexity index is 672. The number of benzene rings is 1. The predicted molar refractivity (Wildman–Crippen MR) is 71.4 cm³/mol. The first-order chi connectivity index (χ1) is 9.03. The van der Waals surface area contributed by atoms with Crippen LogP contribution >= 0.6 is 0 Å². The van der Waals surface area contributed by atoms with Gasteiger partial charge in [0.2, 0.25) is 10.0 Å². The van der Waals surface area contributed by atoms with Gasteiger partial charge in [-0.05, 0) is 37.4 Å². The molecule has 0 saturated heterocycles. The van der Waals surface area contributed by atoms with Gasteiger partial charge in [-0.25, -0.2) is 13.1 Å². The van der Waals surface area contributed by atoms with Gasteiger partial charge in [-0.15, -0.1) is 0 Å². The van der Waals surface area contributed by atoms with Gasteiger partial charge >= 0.3 is 0 Å². The molecule has 2 rings (SSSR count). The lowest BCUT2D eigenvalue weighted by molar-refractivity contribution is 0.482. The minimum absolute atomic E-state index is 0.0889. The second-order valence-corrected chi connectivity index (χ2v) is 5.58. The zero-order chi connectivity index (χ0) is 13.9. The molecule has 19 heavy (non-hydrogen) atoms. The first kappa shape index (κ1) is 13.3. The molecule has 2 aromatic rings. The van der Waals surface area contributed by atoms with Crippen LogP contribution in [0.5, 0.6) is 11.5 Å². The van der Waals surface area contributed by atoms with E-state index in [0.29, 0.717) is 11.5 Å². The first-order valence-corrected chi connectivity index (χ1v) is 6.92. The number of hydrogen-bond acceptors (Lipinski definition) is 5. The average Bonchev–Trinajstić information content (AvgIpc) is 2.42. The number of hydrogen-bond donors (Lipinski definition) is 2. The highest BCUT2D eigenvalue weighted by Crippen LogP contribution is 2.28. The van der Waals surface area contributed by atoms with Crippen molar-refractivity contribution in [2.24, 2.45) is 0 Å². The summed E-state index contributed by atoms with van der Waals surface area (Å²) in [6, 6.07) is 7.73. The van der Waals surface area contributed by atoms with E-state index in [2.05, 4.69) is 9.71 Å². The summed E-state index contributed by atoms with van der Waals surface area (Å²) < 4.78 is 30.9. The summed E-state index contributed by atoms with van der Waals surface area (Å²) in [5.74, 6) is 0.904. The van der Waals surface area contributed by atoms with E-state index in [1.54, 1.807) is 18.3 Å². The summed E-state index contributed by atoms with van der Waals surface area (Å²) in [6.45, 7) is 0. The fourth-order valence-corrected chi connectivity index (χ4v) is 2.20. The lowest BCUT2D eigenvalue weighted by Crippen LogP contribution is -2.18. The van der Waals surface area contributed by atoms with Crippen LogP contribution in [0, 0.1) is 0 Å². The van der Waals surface area contributed by atoms with E-state index in [1.807, 2.05) is 0 Å². The van der Waals surface area contributed by atoms with Gasteiger partial charge in [0.1, 0.15) is 11.5 Å². The molecule has 0 atom stereocenters. The second-order valence-electron chi connectivity index (χ2n) is 3.70. The van der Waals surface area contributed by atoms with Crippen molar-refractivity contribution in [3.05, 3.63) is 42.7 Å². The maximum Gasteiger partial charge on any atom is 0.240 e. The SMILES string of the molecule is CNS(=O)(=O)c1ccc(Oc2cccnc2)c(N)c1. The smallest absolute Gasteiger partial charge is 0.240 e. The molecule has 0 aliphatic carbocycles. The summed E-state index contributed by atoms with van der Waals surface area (Å²) in [7, 11) is -2.17. The Kier molecular flexibility index (Phi) is 3.68. The Morgan fingerprint density at radius 2 is 2.11 bits per heavy atom. The van der Waals surface area contributed by atoms with Crippen LogP contribution in [-0.2, 0) is 10.0 Å². The van der Waals surface area contributed by atoms with Crippen LogP contribution in [0.2, 0.25) is 0 Å². The predicted octanol–water partition coefficient (Wildman–Crippen LogP) is 1.36. The van der Waals surface area contributed by atoms with E-state index >= 15 is 0 Å². The molecule has 0 spiro atoms. The number of aromatic nitrogens is 1. The quantitative estimate of drug-likeness (QED) is 0.824. The van der Waals surface area contributed by atoms with Crippen LogP contribution in [0.3, 0.4) is 0 Å². The van der Waals surface area contributed by atoms with Crippen molar-refractivity contribution in [1.82, 2.24) is 9.71 Å². The van der Waals surface area contributed by atoms with Crippen molar-refractivity contribution >= 4 is 15.7 Å². The van der Waals surface area contributed by atoms with Crippen molar-refractivity contribution < 1.29 is 13.2 Å². The molecule has 1 heterocycles. The number of nitrogens with one attached hydrogen (secondary N) is 1. The van der Waals surface area contributed by atoms with Crippen molar-refractivity contribution in [3.63, 3.8) is 0 Å². The van der Waals surface area contributed by atoms with Gasteiger partial charge in [0.05, 0.1) is 16.8 Å². The average molecular weight is 279 g/mol. The molecule has 7 heteroatoms. The number of anilines is 1. The number of nitrogens with two attached hydrogens (primary N) is 1. The zero-order valence-electron chi connectivity index (χ0n) is 10.2. The second kappa shape index (κ2) is 5.25. The highest BCUT2D eigenvalue weighted by atomic mass is 32.2. The normalized spacial score (nSPS) is 11.2. The summed E-state index contributed by atoms with van der Waals surface area (Å²) in [6.07, 6.45) is 3.16. The van der Waals surface area contributed by atoms with E-state index in [0.717, 1.165) is 0 Å². The molecular formula is C12H13N3O3S. The third-order valence-corrected chi connectivity index (χ3v) is 3.83. The Labute approximate surface area is 111 Å². The fraction of sp³-hybridized carbons (Fsp3) is 0.0833. The van der Waals surface area contributed by atoms with Crippen molar-refractivity contribution in [2.75, 3.05) is 12.8 Å².